The summed E-state index contributed by atoms with van der Waals surface area (Å²) in [6, 6.07) is 3.25. The Morgan fingerprint density at radius 2 is 2.05 bits per heavy atom. The summed E-state index contributed by atoms with van der Waals surface area (Å²) < 4.78 is 52.7. The highest BCUT2D eigenvalue weighted by Gasteiger charge is 2.26. The first-order valence-electron chi connectivity index (χ1n) is 5.29. The minimum Gasteiger partial charge on any atom is -0.476 e. The molecule has 0 radical (unpaired) electrons. The molecule has 0 amide bonds. The molecule has 0 aliphatic carbocycles. The highest BCUT2D eigenvalue weighted by Crippen LogP contribution is 2.23. The van der Waals surface area contributed by atoms with Gasteiger partial charge in [0.25, 0.3) is 6.43 Å². The van der Waals surface area contributed by atoms with Gasteiger partial charge in [-0.3, -0.25) is 0 Å². The summed E-state index contributed by atoms with van der Waals surface area (Å²) in [5.74, 6) is -4.02. The average molecular weight is 289 g/mol. The van der Waals surface area contributed by atoms with E-state index in [2.05, 4.69) is 10.3 Å². The lowest BCUT2D eigenvalue weighted by Crippen LogP contribution is -2.11. The highest BCUT2D eigenvalue weighted by molar-refractivity contribution is 5.86. The van der Waals surface area contributed by atoms with Crippen molar-refractivity contribution in [1.29, 1.82) is 0 Å². The van der Waals surface area contributed by atoms with Gasteiger partial charge in [-0.25, -0.2) is 27.0 Å². The van der Waals surface area contributed by atoms with Gasteiger partial charge in [-0.2, -0.15) is 0 Å². The second-order valence-corrected chi connectivity index (χ2v) is 3.80. The molecule has 0 aliphatic heterocycles. The van der Waals surface area contributed by atoms with Crippen LogP contribution >= 0.6 is 0 Å². The van der Waals surface area contributed by atoms with E-state index in [9.17, 15) is 22.4 Å². The number of rotatable bonds is 4. The van der Waals surface area contributed by atoms with Crippen LogP contribution in [0.2, 0.25) is 0 Å². The number of alkyl halides is 2. The molecule has 0 unspecified atom stereocenters. The zero-order valence-electron chi connectivity index (χ0n) is 9.73. The van der Waals surface area contributed by atoms with Crippen LogP contribution in [0.3, 0.4) is 0 Å². The van der Waals surface area contributed by atoms with E-state index in [1.165, 1.54) is 12.1 Å². The maximum absolute atomic E-state index is 13.4. The van der Waals surface area contributed by atoms with Crippen LogP contribution in [0.25, 0.3) is 0 Å². The van der Waals surface area contributed by atoms with Crippen LogP contribution < -0.4 is 0 Å². The van der Waals surface area contributed by atoms with Gasteiger partial charge in [-0.1, -0.05) is 17.3 Å². The Balaban J connectivity index is 2.44. The van der Waals surface area contributed by atoms with Crippen LogP contribution in [0.5, 0.6) is 0 Å². The molecule has 0 fully saturated rings. The first-order valence-corrected chi connectivity index (χ1v) is 5.29. The van der Waals surface area contributed by atoms with Crippen molar-refractivity contribution in [3.8, 4) is 0 Å². The molecule has 0 saturated heterocycles. The summed E-state index contributed by atoms with van der Waals surface area (Å²) in [5.41, 5.74) is -2.12. The van der Waals surface area contributed by atoms with Gasteiger partial charge in [-0.15, -0.1) is 5.10 Å². The normalized spacial score (nSPS) is 11.1. The second-order valence-electron chi connectivity index (χ2n) is 3.80. The van der Waals surface area contributed by atoms with Gasteiger partial charge in [0.05, 0.1) is 6.54 Å². The summed E-state index contributed by atoms with van der Waals surface area (Å²) >= 11 is 0. The summed E-state index contributed by atoms with van der Waals surface area (Å²) in [4.78, 5) is 10.7. The van der Waals surface area contributed by atoms with Crippen LogP contribution in [-0.2, 0) is 6.54 Å². The molecule has 2 rings (SSSR count). The molecule has 1 aromatic carbocycles. The van der Waals surface area contributed by atoms with Gasteiger partial charge in [0.2, 0.25) is 0 Å². The molecule has 1 aromatic heterocycles. The van der Waals surface area contributed by atoms with E-state index in [1.54, 1.807) is 0 Å². The first kappa shape index (κ1) is 14.0. The lowest BCUT2D eigenvalue weighted by Gasteiger charge is -2.07. The second kappa shape index (κ2) is 5.27. The minimum absolute atomic E-state index is 0.242. The third-order valence-corrected chi connectivity index (χ3v) is 2.53. The SMILES string of the molecule is O=C(O)c1nnn(Cc2cccc(F)c2F)c1C(F)F. The topological polar surface area (TPSA) is 68.0 Å². The molecule has 5 nitrogen and oxygen atoms in total. The van der Waals surface area contributed by atoms with Gasteiger partial charge >= 0.3 is 5.97 Å². The Labute approximate surface area is 109 Å². The van der Waals surface area contributed by atoms with Crippen molar-refractivity contribution in [3.05, 3.63) is 46.8 Å². The zero-order chi connectivity index (χ0) is 14.9. The lowest BCUT2D eigenvalue weighted by molar-refractivity contribution is 0.0675. The smallest absolute Gasteiger partial charge is 0.358 e. The van der Waals surface area contributed by atoms with E-state index in [0.29, 0.717) is 4.68 Å². The van der Waals surface area contributed by atoms with Crippen molar-refractivity contribution in [2.24, 2.45) is 0 Å². The Morgan fingerprint density at radius 1 is 1.35 bits per heavy atom. The number of halogens is 4. The maximum atomic E-state index is 13.4. The molecule has 2 aromatic rings. The van der Waals surface area contributed by atoms with Crippen LogP contribution in [0.1, 0.15) is 28.2 Å². The quantitative estimate of drug-likeness (QED) is 0.876. The molecule has 9 heteroatoms. The monoisotopic (exact) mass is 289 g/mol. The van der Waals surface area contributed by atoms with Crippen molar-refractivity contribution in [2.75, 3.05) is 0 Å². The average Bonchev–Trinajstić information content (AvgIpc) is 2.79. The van der Waals surface area contributed by atoms with E-state index in [1.807, 2.05) is 0 Å². The van der Waals surface area contributed by atoms with Crippen molar-refractivity contribution in [2.45, 2.75) is 13.0 Å². The van der Waals surface area contributed by atoms with Crippen LogP contribution in [0.4, 0.5) is 17.6 Å². The van der Waals surface area contributed by atoms with Gasteiger partial charge in [-0.05, 0) is 6.07 Å². The number of carbonyl (C=O) groups is 1. The highest BCUT2D eigenvalue weighted by atomic mass is 19.3. The number of hydrogen-bond donors (Lipinski definition) is 1. The number of hydrogen-bond acceptors (Lipinski definition) is 3. The van der Waals surface area contributed by atoms with Crippen LogP contribution in [0.15, 0.2) is 18.2 Å². The molecule has 0 saturated carbocycles. The lowest BCUT2D eigenvalue weighted by atomic mass is 10.2. The van der Waals surface area contributed by atoms with Crippen molar-refractivity contribution in [1.82, 2.24) is 15.0 Å². The van der Waals surface area contributed by atoms with Gasteiger partial charge in [0, 0.05) is 5.56 Å². The number of nitrogens with zero attached hydrogens (tertiary/aromatic N) is 3. The molecule has 0 aliphatic rings. The maximum Gasteiger partial charge on any atom is 0.358 e. The van der Waals surface area contributed by atoms with Gasteiger partial charge in [0.1, 0.15) is 5.69 Å². The predicted molar refractivity (Wildman–Crippen MR) is 57.4 cm³/mol. The van der Waals surface area contributed by atoms with E-state index in [4.69, 9.17) is 5.11 Å². The Hall–Kier alpha value is -2.45. The molecular formula is C11H7F4N3O2. The molecule has 1 heterocycles. The summed E-state index contributed by atoms with van der Waals surface area (Å²) in [6.07, 6.45) is -3.16. The fourth-order valence-corrected chi connectivity index (χ4v) is 1.64. The Kier molecular flexibility index (Phi) is 3.68. The molecular weight excluding hydrogens is 282 g/mol. The summed E-state index contributed by atoms with van der Waals surface area (Å²) in [6.45, 7) is -0.552. The van der Waals surface area contributed by atoms with Crippen LogP contribution in [0, 0.1) is 11.6 Å². The Morgan fingerprint density at radius 3 is 2.65 bits per heavy atom. The van der Waals surface area contributed by atoms with E-state index in [0.717, 1.165) is 6.07 Å². The molecule has 20 heavy (non-hydrogen) atoms. The standard InChI is InChI=1S/C11H7F4N3O2/c12-6-3-1-2-5(7(6)13)4-18-9(10(14)15)8(11(19)20)16-17-18/h1-3,10H,4H2,(H,19,20). The number of aromatic nitrogens is 3. The number of carboxylic acids is 1. The third kappa shape index (κ3) is 2.46. The summed E-state index contributed by atoms with van der Waals surface area (Å²) in [7, 11) is 0. The van der Waals surface area contributed by atoms with Crippen molar-refractivity contribution < 1.29 is 27.5 Å². The molecule has 0 spiro atoms. The molecule has 1 N–H and O–H groups in total. The minimum atomic E-state index is -3.16. The fraction of sp³-hybridized carbons (Fsp3) is 0.182. The Bertz CT molecular complexity index is 657. The fourth-order valence-electron chi connectivity index (χ4n) is 1.64. The van der Waals surface area contributed by atoms with Gasteiger partial charge in [0.15, 0.2) is 17.3 Å². The number of aromatic carboxylic acids is 1. The number of carboxylic acid groups (broad SMARTS) is 1. The van der Waals surface area contributed by atoms with E-state index >= 15 is 0 Å². The third-order valence-electron chi connectivity index (χ3n) is 2.53. The first-order chi connectivity index (χ1) is 9.41. The zero-order valence-corrected chi connectivity index (χ0v) is 9.73. The van der Waals surface area contributed by atoms with Crippen molar-refractivity contribution >= 4 is 5.97 Å². The van der Waals surface area contributed by atoms with Crippen molar-refractivity contribution in [3.63, 3.8) is 0 Å². The van der Waals surface area contributed by atoms with Crippen LogP contribution in [-0.4, -0.2) is 26.1 Å². The molecule has 0 bridgehead atoms. The van der Waals surface area contributed by atoms with E-state index < -0.39 is 42.0 Å². The molecule has 0 atom stereocenters. The summed E-state index contributed by atoms with van der Waals surface area (Å²) in [5, 5.41) is 15.1. The largest absolute Gasteiger partial charge is 0.476 e. The van der Waals surface area contributed by atoms with Gasteiger partial charge < -0.3 is 5.11 Å². The number of benzene rings is 1. The predicted octanol–water partition coefficient (Wildman–Crippen LogP) is 2.24. The molecule has 106 valence electrons. The van der Waals surface area contributed by atoms with E-state index in [-0.39, 0.29) is 5.56 Å².